The second kappa shape index (κ2) is 4.95. The van der Waals surface area contributed by atoms with Gasteiger partial charge < -0.3 is 0 Å². The molecule has 4 heteroatoms. The van der Waals surface area contributed by atoms with Crippen LogP contribution >= 0.6 is 22.6 Å². The van der Waals surface area contributed by atoms with Gasteiger partial charge in [-0.1, -0.05) is 0 Å². The molecule has 50 valence electrons. The second-order valence-corrected chi connectivity index (χ2v) is 6.20. The van der Waals surface area contributed by atoms with E-state index in [1.807, 2.05) is 0 Å². The van der Waals surface area contributed by atoms with Gasteiger partial charge in [0.25, 0.3) is 0 Å². The molecule has 2 N–H and O–H groups in total. The first-order chi connectivity index (χ1) is 3.39. The molecular formula is C4H10ClNSSe. The molecule has 0 saturated carbocycles. The molecule has 1 atom stereocenters. The summed E-state index contributed by atoms with van der Waals surface area (Å²) in [6, 6.07) is 0.543. The SMILES string of the molecule is Cl.N[C@H]1CCS[Se]C1. The van der Waals surface area contributed by atoms with Crippen molar-refractivity contribution in [3.8, 4) is 0 Å². The fourth-order valence-electron chi connectivity index (χ4n) is 0.477. The van der Waals surface area contributed by atoms with E-state index >= 15 is 0 Å². The zero-order chi connectivity index (χ0) is 5.11. The van der Waals surface area contributed by atoms with Gasteiger partial charge in [-0.15, -0.1) is 12.4 Å². The summed E-state index contributed by atoms with van der Waals surface area (Å²) in [5.74, 6) is 1.31. The van der Waals surface area contributed by atoms with Gasteiger partial charge in [0.05, 0.1) is 0 Å². The van der Waals surface area contributed by atoms with Crippen LogP contribution in [0.5, 0.6) is 0 Å². The molecule has 0 aromatic rings. The van der Waals surface area contributed by atoms with E-state index in [1.165, 1.54) is 17.5 Å². The van der Waals surface area contributed by atoms with Crippen LogP contribution in [0.1, 0.15) is 6.42 Å². The van der Waals surface area contributed by atoms with E-state index < -0.39 is 0 Å². The van der Waals surface area contributed by atoms with Crippen LogP contribution in [0, 0.1) is 0 Å². The van der Waals surface area contributed by atoms with Gasteiger partial charge in [-0.05, 0) is 0 Å². The molecule has 0 amide bonds. The minimum atomic E-state index is 0. The Morgan fingerprint density at radius 3 is 2.62 bits per heavy atom. The molecular weight excluding hydrogens is 209 g/mol. The summed E-state index contributed by atoms with van der Waals surface area (Å²) >= 11 is 0.817. The van der Waals surface area contributed by atoms with Crippen molar-refractivity contribution < 1.29 is 0 Å². The van der Waals surface area contributed by atoms with Gasteiger partial charge in [0.15, 0.2) is 0 Å². The average molecular weight is 219 g/mol. The Hall–Kier alpha value is 1.12. The zero-order valence-corrected chi connectivity index (χ0v) is 7.85. The van der Waals surface area contributed by atoms with E-state index in [-0.39, 0.29) is 12.4 Å². The third-order valence-corrected chi connectivity index (χ3v) is 5.50. The molecule has 8 heavy (non-hydrogen) atoms. The number of rotatable bonds is 0. The number of halogens is 1. The van der Waals surface area contributed by atoms with Crippen LogP contribution in [0.25, 0.3) is 0 Å². The minimum absolute atomic E-state index is 0. The first-order valence-corrected chi connectivity index (χ1v) is 6.61. The van der Waals surface area contributed by atoms with Crippen LogP contribution in [0.15, 0.2) is 0 Å². The Morgan fingerprint density at radius 1 is 1.62 bits per heavy atom. The number of hydrogen-bond acceptors (Lipinski definition) is 2. The van der Waals surface area contributed by atoms with Crippen molar-refractivity contribution in [1.29, 1.82) is 0 Å². The first kappa shape index (κ1) is 9.12. The number of hydrogen-bond donors (Lipinski definition) is 1. The molecule has 0 radical (unpaired) electrons. The molecule has 0 spiro atoms. The maximum absolute atomic E-state index is 5.64. The molecule has 0 aromatic heterocycles. The van der Waals surface area contributed by atoms with Gasteiger partial charge in [-0.3, -0.25) is 0 Å². The molecule has 0 unspecified atom stereocenters. The molecule has 1 aliphatic heterocycles. The van der Waals surface area contributed by atoms with Crippen molar-refractivity contribution in [3.63, 3.8) is 0 Å². The van der Waals surface area contributed by atoms with Crippen LogP contribution in [0.4, 0.5) is 0 Å². The average Bonchev–Trinajstić information content (AvgIpc) is 1.69. The summed E-state index contributed by atoms with van der Waals surface area (Å²) in [6.45, 7) is 0. The quantitative estimate of drug-likeness (QED) is 0.612. The predicted octanol–water partition coefficient (Wildman–Crippen LogP) is 0.910. The summed E-state index contributed by atoms with van der Waals surface area (Å²) in [7, 11) is 2.08. The summed E-state index contributed by atoms with van der Waals surface area (Å²) in [4.78, 5) is 0. The van der Waals surface area contributed by atoms with Crippen molar-refractivity contribution in [1.82, 2.24) is 0 Å². The Kier molecular flexibility index (Phi) is 5.64. The van der Waals surface area contributed by atoms with Gasteiger partial charge in [0.2, 0.25) is 0 Å². The monoisotopic (exact) mass is 219 g/mol. The first-order valence-electron chi connectivity index (χ1n) is 2.39. The van der Waals surface area contributed by atoms with Gasteiger partial charge in [0, 0.05) is 0 Å². The van der Waals surface area contributed by atoms with Crippen LogP contribution in [0.2, 0.25) is 5.32 Å². The van der Waals surface area contributed by atoms with Gasteiger partial charge in [-0.25, -0.2) is 0 Å². The van der Waals surface area contributed by atoms with Crippen LogP contribution in [-0.2, 0) is 0 Å². The van der Waals surface area contributed by atoms with Crippen LogP contribution < -0.4 is 5.73 Å². The van der Waals surface area contributed by atoms with E-state index in [9.17, 15) is 0 Å². The van der Waals surface area contributed by atoms with Crippen molar-refractivity contribution in [3.05, 3.63) is 0 Å². The van der Waals surface area contributed by atoms with Gasteiger partial charge in [0.1, 0.15) is 0 Å². The van der Waals surface area contributed by atoms with E-state index in [0.29, 0.717) is 6.04 Å². The molecule has 1 saturated heterocycles. The van der Waals surface area contributed by atoms with E-state index in [1.54, 1.807) is 0 Å². The summed E-state index contributed by atoms with van der Waals surface area (Å²) < 4.78 is 0. The summed E-state index contributed by atoms with van der Waals surface area (Å²) in [5, 5.41) is 1.29. The van der Waals surface area contributed by atoms with E-state index in [0.717, 1.165) is 13.8 Å². The van der Waals surface area contributed by atoms with Crippen molar-refractivity contribution in [2.75, 3.05) is 5.75 Å². The molecule has 1 nitrogen and oxygen atoms in total. The molecule has 0 aromatic carbocycles. The molecule has 0 bridgehead atoms. The second-order valence-electron chi connectivity index (χ2n) is 1.66. The normalized spacial score (nSPS) is 28.9. The third kappa shape index (κ3) is 3.21. The fourth-order valence-corrected chi connectivity index (χ4v) is 4.67. The van der Waals surface area contributed by atoms with Crippen LogP contribution in [-0.4, -0.2) is 25.6 Å². The van der Waals surface area contributed by atoms with Gasteiger partial charge >= 0.3 is 53.3 Å². The van der Waals surface area contributed by atoms with Crippen molar-refractivity contribution in [2.24, 2.45) is 5.73 Å². The standard InChI is InChI=1S/C4H9NSSe.ClH/c5-4-1-2-6-7-3-4;/h4H,1-3,5H2;1H/t4-;/m0./s1. The van der Waals surface area contributed by atoms with Crippen LogP contribution in [0.3, 0.4) is 0 Å². The molecule has 1 heterocycles. The third-order valence-electron chi connectivity index (χ3n) is 0.937. The van der Waals surface area contributed by atoms with Gasteiger partial charge in [-0.2, -0.15) is 0 Å². The Bertz CT molecular complexity index is 58.0. The van der Waals surface area contributed by atoms with E-state index in [2.05, 4.69) is 10.2 Å². The maximum atomic E-state index is 5.64. The zero-order valence-electron chi connectivity index (χ0n) is 4.50. The number of nitrogens with two attached hydrogens (primary N) is 1. The summed E-state index contributed by atoms with van der Waals surface area (Å²) in [5.41, 5.74) is 5.64. The summed E-state index contributed by atoms with van der Waals surface area (Å²) in [6.07, 6.45) is 1.24. The Balaban J connectivity index is 0.000000490. The molecule has 1 fully saturated rings. The fraction of sp³-hybridized carbons (Fsp3) is 1.00. The topological polar surface area (TPSA) is 26.0 Å². The molecule has 1 rings (SSSR count). The van der Waals surface area contributed by atoms with Crippen molar-refractivity contribution in [2.45, 2.75) is 17.8 Å². The Labute approximate surface area is 65.8 Å². The molecule has 1 aliphatic rings. The van der Waals surface area contributed by atoms with E-state index in [4.69, 9.17) is 5.73 Å². The van der Waals surface area contributed by atoms with Crippen molar-refractivity contribution >= 4 is 36.4 Å². The predicted molar refractivity (Wildman–Crippen MR) is 42.9 cm³/mol. The molecule has 0 aliphatic carbocycles. The Morgan fingerprint density at radius 2 is 2.38 bits per heavy atom.